The van der Waals surface area contributed by atoms with Crippen LogP contribution in [0.5, 0.6) is 0 Å². The van der Waals surface area contributed by atoms with Crippen LogP contribution in [-0.4, -0.2) is 23.6 Å². The van der Waals surface area contributed by atoms with E-state index >= 15 is 0 Å². The Morgan fingerprint density at radius 1 is 1.14 bits per heavy atom. The van der Waals surface area contributed by atoms with Gasteiger partial charge in [-0.05, 0) is 6.08 Å². The predicted octanol–water partition coefficient (Wildman–Crippen LogP) is 0.402. The Hall–Kier alpha value is -2.42. The van der Waals surface area contributed by atoms with Gasteiger partial charge in [0.15, 0.2) is 5.78 Å². The smallest absolute Gasteiger partial charge is 0.205 e. The van der Waals surface area contributed by atoms with E-state index in [1.165, 1.54) is 6.01 Å². The lowest BCUT2D eigenvalue weighted by atomic mass is 10.1. The molecule has 0 aromatic heterocycles. The second-order valence-electron chi connectivity index (χ2n) is 2.22. The highest BCUT2D eigenvalue weighted by Crippen LogP contribution is 2.12. The number of ketones is 2. The Balaban J connectivity index is 3.13. The number of nitrogens with one attached hydrogen (secondary N) is 1. The lowest BCUT2D eigenvalue weighted by Gasteiger charge is -2.06. The van der Waals surface area contributed by atoms with E-state index in [0.29, 0.717) is 0 Å². The molecule has 0 unspecified atom stereocenters. The minimum atomic E-state index is -0.583. The van der Waals surface area contributed by atoms with Gasteiger partial charge in [0.05, 0.1) is 6.01 Å². The van der Waals surface area contributed by atoms with Gasteiger partial charge < -0.3 is 10.4 Å². The fourth-order valence-electron chi connectivity index (χ4n) is 0.827. The lowest BCUT2D eigenvalue weighted by molar-refractivity contribution is -0.115. The van der Waals surface area contributed by atoms with Gasteiger partial charge in [-0.3, -0.25) is 9.59 Å². The van der Waals surface area contributed by atoms with E-state index in [2.05, 4.69) is 9.98 Å². The van der Waals surface area contributed by atoms with Crippen LogP contribution < -0.4 is 0 Å². The third kappa shape index (κ3) is 1.84. The first-order valence-corrected chi connectivity index (χ1v) is 3.43. The fraction of sp³-hybridized carbons (Fsp3) is 0. The van der Waals surface area contributed by atoms with Crippen molar-refractivity contribution in [3.63, 3.8) is 0 Å². The van der Waals surface area contributed by atoms with E-state index in [9.17, 15) is 9.59 Å². The molecule has 6 heteroatoms. The molecule has 0 aliphatic heterocycles. The van der Waals surface area contributed by atoms with E-state index < -0.39 is 11.6 Å². The number of carbonyl (C=O) groups excluding carboxylic acids is 2. The summed E-state index contributed by atoms with van der Waals surface area (Å²) in [5.41, 5.74) is -0.400. The first kappa shape index (κ1) is 9.67. The van der Waals surface area contributed by atoms with E-state index in [-0.39, 0.29) is 11.4 Å². The molecule has 0 saturated heterocycles. The second-order valence-corrected chi connectivity index (χ2v) is 2.22. The van der Waals surface area contributed by atoms with Crippen molar-refractivity contribution in [2.75, 3.05) is 0 Å². The normalized spacial score (nSPS) is 14.9. The van der Waals surface area contributed by atoms with Gasteiger partial charge in [0.1, 0.15) is 5.70 Å². The van der Waals surface area contributed by atoms with Crippen molar-refractivity contribution in [2.45, 2.75) is 0 Å². The van der Waals surface area contributed by atoms with Crippen LogP contribution in [0, 0.1) is 5.41 Å². The summed E-state index contributed by atoms with van der Waals surface area (Å²) in [7, 11) is 0. The molecule has 6 nitrogen and oxygen atoms in total. The Morgan fingerprint density at radius 2 is 1.64 bits per heavy atom. The molecule has 1 rings (SSSR count). The highest BCUT2D eigenvalue weighted by Gasteiger charge is 2.16. The molecule has 1 aliphatic rings. The predicted molar refractivity (Wildman–Crippen MR) is 47.1 cm³/mol. The van der Waals surface area contributed by atoms with Crippen molar-refractivity contribution in [3.8, 4) is 0 Å². The van der Waals surface area contributed by atoms with Crippen LogP contribution in [0.2, 0.25) is 0 Å². The summed E-state index contributed by atoms with van der Waals surface area (Å²) >= 11 is 0. The fourth-order valence-corrected chi connectivity index (χ4v) is 0.827. The zero-order valence-electron chi connectivity index (χ0n) is 6.81. The molecule has 68 valence electrons. The monoisotopic (exact) mass is 187 g/mol. The molecule has 0 fully saturated rings. The third-order valence-electron chi connectivity index (χ3n) is 1.39. The van der Waals surface area contributed by atoms with Gasteiger partial charge in [0.2, 0.25) is 5.78 Å². The first-order chi connectivity index (χ1) is 6.69. The molecule has 0 bridgehead atoms. The molecule has 0 atom stereocenters. The van der Waals surface area contributed by atoms with Gasteiger partial charge >= 0.3 is 0 Å². The molecule has 1 aliphatic carbocycles. The number of aliphatic imine (C=N–C) groups is 2. The maximum absolute atomic E-state index is 11.1. The number of nitrogens with zero attached hydrogens (tertiary/aromatic N) is 3. The molecule has 0 radical (unpaired) electrons. The number of hydrogen-bond donors (Lipinski definition) is 1. The topological polar surface area (TPSA) is 105 Å². The Labute approximate surface area is 78.4 Å². The summed E-state index contributed by atoms with van der Waals surface area (Å²) in [6.45, 7) is 0. The summed E-state index contributed by atoms with van der Waals surface area (Å²) in [6.07, 6.45) is 1.82. The summed E-state index contributed by atoms with van der Waals surface area (Å²) in [4.78, 5) is 28.7. The molecule has 0 spiro atoms. The number of allylic oxidation sites excluding steroid dienone is 2. The van der Waals surface area contributed by atoms with Gasteiger partial charge in [-0.1, -0.05) is 0 Å². The highest BCUT2D eigenvalue weighted by atomic mass is 16.1. The molecule has 14 heavy (non-hydrogen) atoms. The van der Waals surface area contributed by atoms with Crippen molar-refractivity contribution in [3.05, 3.63) is 29.0 Å². The Bertz CT molecular complexity index is 416. The van der Waals surface area contributed by atoms with E-state index in [0.717, 1.165) is 12.2 Å². The minimum Gasteiger partial charge on any atom is -0.422 e. The van der Waals surface area contributed by atoms with Crippen molar-refractivity contribution < 1.29 is 9.59 Å². The molecule has 0 saturated carbocycles. The van der Waals surface area contributed by atoms with Crippen LogP contribution in [0.15, 0.2) is 33.5 Å². The molecule has 1 N–H and O–H groups in total. The van der Waals surface area contributed by atoms with Crippen molar-refractivity contribution >= 4 is 23.6 Å². The Kier molecular flexibility index (Phi) is 2.76. The summed E-state index contributed by atoms with van der Waals surface area (Å²) in [5.74, 6) is -1.15. The van der Waals surface area contributed by atoms with E-state index in [4.69, 9.17) is 10.8 Å². The summed E-state index contributed by atoms with van der Waals surface area (Å²) < 4.78 is 0. The number of carbonyl (C=O) groups is 2. The quantitative estimate of drug-likeness (QED) is 0.499. The van der Waals surface area contributed by atoms with Gasteiger partial charge in [-0.2, -0.15) is 11.0 Å². The van der Waals surface area contributed by atoms with Gasteiger partial charge in [0.25, 0.3) is 0 Å². The minimum absolute atomic E-state index is 0.179. The van der Waals surface area contributed by atoms with Gasteiger partial charge in [0, 0.05) is 11.8 Å². The van der Waals surface area contributed by atoms with Gasteiger partial charge in [-0.15, -0.1) is 0 Å². The number of rotatable bonds is 2. The van der Waals surface area contributed by atoms with Crippen molar-refractivity contribution in [1.82, 2.24) is 0 Å². The second kappa shape index (κ2) is 4.00. The van der Waals surface area contributed by atoms with Gasteiger partial charge in [-0.25, -0.2) is 5.41 Å². The van der Waals surface area contributed by atoms with Crippen LogP contribution in [0.4, 0.5) is 0 Å². The molecular weight excluding hydrogens is 184 g/mol. The van der Waals surface area contributed by atoms with Crippen molar-refractivity contribution in [1.29, 1.82) is 5.41 Å². The third-order valence-corrected chi connectivity index (χ3v) is 1.39. The zero-order chi connectivity index (χ0) is 10.6. The Morgan fingerprint density at radius 3 is 2.07 bits per heavy atom. The largest absolute Gasteiger partial charge is 0.422 e. The summed E-state index contributed by atoms with van der Waals surface area (Å²) in [6, 6.07) is 3.05. The maximum Gasteiger partial charge on any atom is 0.205 e. The number of hydrogen-bond acceptors (Lipinski definition) is 5. The van der Waals surface area contributed by atoms with Crippen LogP contribution in [-0.2, 0) is 9.59 Å². The SMILES string of the molecule is [N-]=C=NC1=CC(=O)C(N=C=N)=CC1=O. The average molecular weight is 187 g/mol. The standard InChI is InChI=1S/C8H3N4O2/c9-3-11-5-1-7(13)6(12-4-10)2-8(5)14/h1-2,9H/q-1. The zero-order valence-corrected chi connectivity index (χ0v) is 6.81. The average Bonchev–Trinajstić information content (AvgIpc) is 2.14. The molecular formula is C8H3N4O2-. The van der Waals surface area contributed by atoms with Crippen molar-refractivity contribution in [2.24, 2.45) is 9.98 Å². The lowest BCUT2D eigenvalue weighted by Crippen LogP contribution is -2.10. The molecule has 0 aromatic carbocycles. The van der Waals surface area contributed by atoms with Crippen LogP contribution in [0.25, 0.3) is 5.41 Å². The van der Waals surface area contributed by atoms with Crippen LogP contribution in [0.3, 0.4) is 0 Å². The van der Waals surface area contributed by atoms with Crippen LogP contribution >= 0.6 is 0 Å². The molecule has 0 aromatic rings. The van der Waals surface area contributed by atoms with E-state index in [1.54, 1.807) is 6.01 Å². The molecule has 0 heterocycles. The summed E-state index contributed by atoms with van der Waals surface area (Å²) in [5, 5.41) is 14.7. The first-order valence-electron chi connectivity index (χ1n) is 3.43. The van der Waals surface area contributed by atoms with E-state index in [1.807, 2.05) is 0 Å². The van der Waals surface area contributed by atoms with Crippen LogP contribution in [0.1, 0.15) is 0 Å². The molecule has 0 amide bonds. The highest BCUT2D eigenvalue weighted by molar-refractivity contribution is 6.20. The maximum atomic E-state index is 11.1.